The van der Waals surface area contributed by atoms with Crippen molar-refractivity contribution in [3.63, 3.8) is 0 Å². The zero-order valence-corrected chi connectivity index (χ0v) is 6.26. The third-order valence-corrected chi connectivity index (χ3v) is 0. The molecule has 0 saturated carbocycles. The van der Waals surface area contributed by atoms with Gasteiger partial charge in [0.25, 0.3) is 0 Å². The van der Waals surface area contributed by atoms with Crippen LogP contribution in [0.15, 0.2) is 0 Å². The first kappa shape index (κ1) is 23.4. The topological polar surface area (TPSA) is 0 Å². The standard InChI is InChI=1S/Ca.La.Sr.Ti.4H. The molecule has 0 bridgehead atoms. The van der Waals surface area contributed by atoms with Crippen molar-refractivity contribution in [2.75, 3.05) is 0 Å². The van der Waals surface area contributed by atoms with Gasteiger partial charge in [0.2, 0.25) is 0 Å². The number of rotatable bonds is 0. The monoisotopic (exact) mass is 319 g/mol. The SMILES string of the molecule is [CaH2].[La].[SrH2].[Ti]. The molecule has 0 aromatic carbocycles. The maximum absolute atomic E-state index is 0. The summed E-state index contributed by atoms with van der Waals surface area (Å²) in [4.78, 5) is 0. The molecule has 0 fully saturated rings. The van der Waals surface area contributed by atoms with Gasteiger partial charge in [-0.1, -0.05) is 0 Å². The van der Waals surface area contributed by atoms with Gasteiger partial charge in [-0.2, -0.15) is 0 Å². The predicted molar refractivity (Wildman–Crippen MR) is 17.1 cm³/mol. The zero-order chi connectivity index (χ0) is 0. The van der Waals surface area contributed by atoms with Crippen LogP contribution in [0.1, 0.15) is 0 Å². The molecule has 0 aromatic rings. The van der Waals surface area contributed by atoms with Crippen LogP contribution in [0.25, 0.3) is 0 Å². The van der Waals surface area contributed by atoms with Gasteiger partial charge in [0, 0.05) is 57.3 Å². The van der Waals surface area contributed by atoms with Gasteiger partial charge in [-0.25, -0.2) is 0 Å². The van der Waals surface area contributed by atoms with Crippen LogP contribution in [0, 0.1) is 35.6 Å². The molecular weight excluding hydrogens is 314 g/mol. The molecular formula is H4CaLaSrTi. The van der Waals surface area contributed by atoms with E-state index in [0.717, 1.165) is 0 Å². The third-order valence-electron chi connectivity index (χ3n) is 0. The minimum absolute atomic E-state index is 0. The second kappa shape index (κ2) is 15.6. The molecule has 15 valence electrons. The molecule has 0 atom stereocenters. The minimum Gasteiger partial charge on any atom is 0 e. The summed E-state index contributed by atoms with van der Waals surface area (Å²) in [5, 5.41) is 0. The number of hydrogen-bond acceptors (Lipinski definition) is 0. The maximum Gasteiger partial charge on any atom is 0 e. The van der Waals surface area contributed by atoms with Crippen LogP contribution < -0.4 is 0 Å². The van der Waals surface area contributed by atoms with Crippen LogP contribution in [0.3, 0.4) is 0 Å². The molecule has 0 aromatic heterocycles. The van der Waals surface area contributed by atoms with Gasteiger partial charge in [0.1, 0.15) is 0 Å². The molecule has 0 rings (SSSR count). The van der Waals surface area contributed by atoms with Crippen molar-refractivity contribution >= 4 is 83.2 Å². The summed E-state index contributed by atoms with van der Waals surface area (Å²) < 4.78 is 0. The van der Waals surface area contributed by atoms with Gasteiger partial charge in [-0.05, 0) is 0 Å². The van der Waals surface area contributed by atoms with Crippen LogP contribution in [0.5, 0.6) is 0 Å². The smallest absolute Gasteiger partial charge is 0 e. The van der Waals surface area contributed by atoms with Crippen LogP contribution >= 0.6 is 0 Å². The molecule has 0 aliphatic rings. The molecule has 0 unspecified atom stereocenters. The summed E-state index contributed by atoms with van der Waals surface area (Å²) in [5.41, 5.74) is 0. The molecule has 0 heterocycles. The minimum atomic E-state index is 0. The summed E-state index contributed by atoms with van der Waals surface area (Å²) >= 11 is 0. The van der Waals surface area contributed by atoms with Crippen molar-refractivity contribution in [2.45, 2.75) is 0 Å². The van der Waals surface area contributed by atoms with E-state index in [2.05, 4.69) is 0 Å². The second-order valence-corrected chi connectivity index (χ2v) is 0. The van der Waals surface area contributed by atoms with Crippen LogP contribution in [0.2, 0.25) is 0 Å². The molecule has 4 heavy (non-hydrogen) atoms. The summed E-state index contributed by atoms with van der Waals surface area (Å²) in [5.74, 6) is 0. The second-order valence-electron chi connectivity index (χ2n) is 0. The maximum atomic E-state index is 0. The van der Waals surface area contributed by atoms with E-state index >= 15 is 0 Å². The molecule has 0 spiro atoms. The van der Waals surface area contributed by atoms with Gasteiger partial charge in [-0.3, -0.25) is 0 Å². The van der Waals surface area contributed by atoms with Crippen LogP contribution in [-0.4, -0.2) is 83.2 Å². The van der Waals surface area contributed by atoms with Crippen molar-refractivity contribution in [1.82, 2.24) is 0 Å². The molecule has 0 nitrogen and oxygen atoms in total. The fraction of sp³-hybridized carbons (Fsp3) is 0. The molecule has 0 N–H and O–H groups in total. The summed E-state index contributed by atoms with van der Waals surface area (Å²) in [7, 11) is 0. The van der Waals surface area contributed by atoms with Crippen molar-refractivity contribution in [1.29, 1.82) is 0 Å². The quantitative estimate of drug-likeness (QED) is 0.461. The van der Waals surface area contributed by atoms with E-state index in [1.165, 1.54) is 0 Å². The van der Waals surface area contributed by atoms with Gasteiger partial charge in [0.15, 0.2) is 0 Å². The Morgan fingerprint density at radius 1 is 1.00 bits per heavy atom. The Morgan fingerprint density at radius 3 is 1.00 bits per heavy atom. The van der Waals surface area contributed by atoms with Crippen molar-refractivity contribution < 1.29 is 57.3 Å². The first-order valence-electron chi connectivity index (χ1n) is 0. The van der Waals surface area contributed by atoms with Crippen LogP contribution in [0.4, 0.5) is 0 Å². The Hall–Kier alpha value is 4.65. The molecule has 0 aliphatic heterocycles. The summed E-state index contributed by atoms with van der Waals surface area (Å²) in [6.45, 7) is 0. The van der Waals surface area contributed by atoms with Gasteiger partial charge >= 0.3 is 83.2 Å². The Labute approximate surface area is 136 Å². The fourth-order valence-corrected chi connectivity index (χ4v) is 0. The Kier molecular flexibility index (Phi) is 91.6. The molecule has 4 heteroatoms. The van der Waals surface area contributed by atoms with E-state index in [9.17, 15) is 0 Å². The first-order valence-corrected chi connectivity index (χ1v) is 0. The van der Waals surface area contributed by atoms with E-state index < -0.39 is 0 Å². The molecule has 0 saturated heterocycles. The van der Waals surface area contributed by atoms with E-state index in [1.807, 2.05) is 0 Å². The van der Waals surface area contributed by atoms with Crippen molar-refractivity contribution in [3.05, 3.63) is 0 Å². The number of hydrogen-bond donors (Lipinski definition) is 0. The Balaban J connectivity index is 0. The average Bonchev–Trinajstić information content (AvgIpc) is 0. The molecule has 1 radical (unpaired) electrons. The zero-order valence-electron chi connectivity index (χ0n) is 1.08. The van der Waals surface area contributed by atoms with Gasteiger partial charge < -0.3 is 0 Å². The summed E-state index contributed by atoms with van der Waals surface area (Å²) in [6, 6.07) is 0. The molecule has 0 aliphatic carbocycles. The fourth-order valence-electron chi connectivity index (χ4n) is 0. The van der Waals surface area contributed by atoms with E-state index in [1.54, 1.807) is 0 Å². The van der Waals surface area contributed by atoms with E-state index in [-0.39, 0.29) is 141 Å². The van der Waals surface area contributed by atoms with Gasteiger partial charge in [0.05, 0.1) is 0 Å². The van der Waals surface area contributed by atoms with Crippen LogP contribution in [-0.2, 0) is 21.7 Å². The molecule has 0 amide bonds. The normalized spacial score (nSPS) is 0. The van der Waals surface area contributed by atoms with E-state index in [4.69, 9.17) is 0 Å². The third kappa shape index (κ3) is 9.82. The largest absolute Gasteiger partial charge is 0 e. The summed E-state index contributed by atoms with van der Waals surface area (Å²) in [6.07, 6.45) is 0. The first-order chi connectivity index (χ1) is 0. The average molecular weight is 319 g/mol. The predicted octanol–water partition coefficient (Wildman–Crippen LogP) is -1.83. The Morgan fingerprint density at radius 2 is 1.00 bits per heavy atom. The van der Waals surface area contributed by atoms with E-state index in [0.29, 0.717) is 0 Å². The van der Waals surface area contributed by atoms with Gasteiger partial charge in [-0.15, -0.1) is 0 Å². The van der Waals surface area contributed by atoms with Crippen molar-refractivity contribution in [2.24, 2.45) is 0 Å². The Bertz CT molecular complexity index is 8.00. The van der Waals surface area contributed by atoms with Crippen molar-refractivity contribution in [3.8, 4) is 0 Å².